The number of aliphatic hydroxyl groups is 1. The fourth-order valence-electron chi connectivity index (χ4n) is 2.08. The van der Waals surface area contributed by atoms with Crippen molar-refractivity contribution in [1.82, 2.24) is 0 Å². The van der Waals surface area contributed by atoms with Gasteiger partial charge in [0.25, 0.3) is 0 Å². The molecule has 0 aromatic carbocycles. The van der Waals surface area contributed by atoms with Gasteiger partial charge in [-0.05, 0) is 28.4 Å². The van der Waals surface area contributed by atoms with E-state index in [0.29, 0.717) is 10.5 Å². The van der Waals surface area contributed by atoms with Gasteiger partial charge in [0, 0.05) is 43.2 Å². The Bertz CT molecular complexity index is 355. The van der Waals surface area contributed by atoms with E-state index >= 15 is 0 Å². The van der Waals surface area contributed by atoms with Gasteiger partial charge in [-0.2, -0.15) is 23.5 Å². The maximum Gasteiger partial charge on any atom is 0.0717 e. The quantitative estimate of drug-likeness (QED) is 0.882. The first-order chi connectivity index (χ1) is 8.20. The molecule has 17 heavy (non-hydrogen) atoms. The lowest BCUT2D eigenvalue weighted by Crippen LogP contribution is -2.37. The van der Waals surface area contributed by atoms with Crippen molar-refractivity contribution in [3.63, 3.8) is 0 Å². The molecule has 2 rings (SSSR count). The third-order valence-electron chi connectivity index (χ3n) is 2.91. The molecule has 1 saturated heterocycles. The Labute approximate surface area is 124 Å². The second-order valence-electron chi connectivity index (χ2n) is 4.16. The van der Waals surface area contributed by atoms with E-state index in [1.165, 1.54) is 16.4 Å². The van der Waals surface area contributed by atoms with E-state index in [2.05, 4.69) is 34.3 Å². The molecule has 0 amide bonds. The third kappa shape index (κ3) is 3.90. The summed E-state index contributed by atoms with van der Waals surface area (Å²) in [7, 11) is 0. The summed E-state index contributed by atoms with van der Waals surface area (Å²) in [5, 5.41) is 13.5. The van der Waals surface area contributed by atoms with Crippen LogP contribution < -0.4 is 0 Å². The van der Waals surface area contributed by atoms with E-state index in [-0.39, 0.29) is 6.10 Å². The van der Waals surface area contributed by atoms with Crippen LogP contribution in [-0.4, -0.2) is 33.2 Å². The summed E-state index contributed by atoms with van der Waals surface area (Å²) in [6, 6.07) is 2.12. The maximum absolute atomic E-state index is 10.4. The molecule has 5 heteroatoms. The topological polar surface area (TPSA) is 20.2 Å². The zero-order chi connectivity index (χ0) is 12.3. The fourth-order valence-corrected chi connectivity index (χ4v) is 6.73. The summed E-state index contributed by atoms with van der Waals surface area (Å²) in [5.41, 5.74) is 0. The number of thiophene rings is 1. The van der Waals surface area contributed by atoms with Crippen LogP contribution in [0.5, 0.6) is 0 Å². The van der Waals surface area contributed by atoms with Crippen molar-refractivity contribution in [2.24, 2.45) is 0 Å². The van der Waals surface area contributed by atoms with Crippen molar-refractivity contribution in [1.29, 1.82) is 0 Å². The van der Waals surface area contributed by atoms with E-state index in [9.17, 15) is 5.11 Å². The number of aliphatic hydroxyl groups excluding tert-OH is 1. The van der Waals surface area contributed by atoms with Gasteiger partial charge in [-0.25, -0.2) is 0 Å². The van der Waals surface area contributed by atoms with Crippen LogP contribution in [0, 0.1) is 0 Å². The summed E-state index contributed by atoms with van der Waals surface area (Å²) < 4.78 is 1.13. The molecule has 1 N–H and O–H groups in total. The van der Waals surface area contributed by atoms with Gasteiger partial charge in [0.05, 0.1) is 6.10 Å². The Morgan fingerprint density at radius 3 is 2.88 bits per heavy atom. The van der Waals surface area contributed by atoms with Crippen LogP contribution in [0.2, 0.25) is 0 Å². The van der Waals surface area contributed by atoms with Crippen LogP contribution in [0.25, 0.3) is 0 Å². The number of hydrogen-bond acceptors (Lipinski definition) is 4. The first-order valence-electron chi connectivity index (χ1n) is 5.85. The summed E-state index contributed by atoms with van der Waals surface area (Å²) >= 11 is 9.17. The van der Waals surface area contributed by atoms with Crippen LogP contribution in [0.3, 0.4) is 0 Å². The highest BCUT2D eigenvalue weighted by Gasteiger charge is 2.31. The molecule has 3 atom stereocenters. The van der Waals surface area contributed by atoms with Crippen molar-refractivity contribution in [3.05, 3.63) is 20.8 Å². The van der Waals surface area contributed by atoms with Gasteiger partial charge in [-0.15, -0.1) is 11.3 Å². The number of rotatable bonds is 4. The highest BCUT2D eigenvalue weighted by atomic mass is 79.9. The monoisotopic (exact) mass is 352 g/mol. The lowest BCUT2D eigenvalue weighted by atomic mass is 10.1. The SMILES string of the molecule is CCC1SCCSC1C(O)Cc1cc(Br)cs1. The highest BCUT2D eigenvalue weighted by Crippen LogP contribution is 2.36. The normalized spacial score (nSPS) is 27.0. The first kappa shape index (κ1) is 14.3. The zero-order valence-corrected chi connectivity index (χ0v) is 13.8. The molecule has 0 bridgehead atoms. The molecule has 1 aliphatic heterocycles. The number of hydrogen-bond donors (Lipinski definition) is 1. The second-order valence-corrected chi connectivity index (χ2v) is 8.70. The van der Waals surface area contributed by atoms with Gasteiger partial charge in [-0.3, -0.25) is 0 Å². The van der Waals surface area contributed by atoms with E-state index in [1.54, 1.807) is 11.3 Å². The number of halogens is 1. The van der Waals surface area contributed by atoms with Gasteiger partial charge in [0.15, 0.2) is 0 Å². The molecule has 96 valence electrons. The molecule has 0 saturated carbocycles. The minimum atomic E-state index is -0.205. The Morgan fingerprint density at radius 2 is 2.24 bits per heavy atom. The molecule has 1 aliphatic rings. The summed E-state index contributed by atoms with van der Waals surface area (Å²) in [5.74, 6) is 2.41. The second kappa shape index (κ2) is 6.85. The molecule has 1 aromatic rings. The summed E-state index contributed by atoms with van der Waals surface area (Å²) in [4.78, 5) is 1.27. The molecular weight excluding hydrogens is 336 g/mol. The number of thioether (sulfide) groups is 2. The Kier molecular flexibility index (Phi) is 5.74. The van der Waals surface area contributed by atoms with Crippen LogP contribution in [0.15, 0.2) is 15.9 Å². The van der Waals surface area contributed by atoms with Crippen LogP contribution in [0.4, 0.5) is 0 Å². The Balaban J connectivity index is 1.95. The maximum atomic E-state index is 10.4. The van der Waals surface area contributed by atoms with Crippen LogP contribution in [-0.2, 0) is 6.42 Å². The molecule has 1 fully saturated rings. The third-order valence-corrected chi connectivity index (χ3v) is 8.02. The predicted molar refractivity (Wildman–Crippen MR) is 84.5 cm³/mol. The first-order valence-corrected chi connectivity index (χ1v) is 9.62. The fraction of sp³-hybridized carbons (Fsp3) is 0.667. The Hall–Kier alpha value is 0.840. The summed E-state index contributed by atoms with van der Waals surface area (Å²) in [6.07, 6.45) is 1.75. The average Bonchev–Trinajstić information content (AvgIpc) is 2.74. The van der Waals surface area contributed by atoms with E-state index in [0.717, 1.165) is 17.3 Å². The van der Waals surface area contributed by atoms with Crippen molar-refractivity contribution >= 4 is 50.8 Å². The predicted octanol–water partition coefficient (Wildman–Crippen LogP) is 4.04. The van der Waals surface area contributed by atoms with Gasteiger partial charge in [-0.1, -0.05) is 6.92 Å². The lowest BCUT2D eigenvalue weighted by molar-refractivity contribution is 0.170. The van der Waals surface area contributed by atoms with Gasteiger partial charge in [0.2, 0.25) is 0 Å². The van der Waals surface area contributed by atoms with Crippen molar-refractivity contribution in [3.8, 4) is 0 Å². The minimum absolute atomic E-state index is 0.205. The van der Waals surface area contributed by atoms with E-state index in [1.807, 2.05) is 23.5 Å². The van der Waals surface area contributed by atoms with Crippen molar-refractivity contribution < 1.29 is 5.11 Å². The van der Waals surface area contributed by atoms with Crippen molar-refractivity contribution in [2.75, 3.05) is 11.5 Å². The van der Waals surface area contributed by atoms with Gasteiger partial charge in [0.1, 0.15) is 0 Å². The van der Waals surface area contributed by atoms with Crippen LogP contribution in [0.1, 0.15) is 18.2 Å². The summed E-state index contributed by atoms with van der Waals surface area (Å²) in [6.45, 7) is 2.23. The Morgan fingerprint density at radius 1 is 1.47 bits per heavy atom. The molecule has 3 unspecified atom stereocenters. The molecule has 0 radical (unpaired) electrons. The molecule has 2 heterocycles. The largest absolute Gasteiger partial charge is 0.392 e. The molecule has 0 aliphatic carbocycles. The smallest absolute Gasteiger partial charge is 0.0717 e. The lowest BCUT2D eigenvalue weighted by Gasteiger charge is -2.33. The van der Waals surface area contributed by atoms with Gasteiger partial charge < -0.3 is 5.11 Å². The average molecular weight is 353 g/mol. The highest BCUT2D eigenvalue weighted by molar-refractivity contribution is 9.10. The van der Waals surface area contributed by atoms with E-state index < -0.39 is 0 Å². The standard InChI is InChI=1S/C12H17BrOS3/c1-2-11-12(16-4-3-15-11)10(14)6-9-5-8(13)7-17-9/h5,7,10-12,14H,2-4,6H2,1H3. The van der Waals surface area contributed by atoms with E-state index in [4.69, 9.17) is 0 Å². The molecular formula is C12H17BrOS3. The molecule has 1 nitrogen and oxygen atoms in total. The van der Waals surface area contributed by atoms with Crippen LogP contribution >= 0.6 is 50.8 Å². The van der Waals surface area contributed by atoms with Crippen molar-refractivity contribution in [2.45, 2.75) is 36.4 Å². The van der Waals surface area contributed by atoms with Gasteiger partial charge >= 0.3 is 0 Å². The zero-order valence-electron chi connectivity index (χ0n) is 9.77. The molecule has 0 spiro atoms. The minimum Gasteiger partial charge on any atom is -0.392 e. The molecule has 1 aromatic heterocycles.